The van der Waals surface area contributed by atoms with Gasteiger partial charge in [0.05, 0.1) is 12.2 Å². The molecule has 21 heavy (non-hydrogen) atoms. The van der Waals surface area contributed by atoms with Crippen molar-refractivity contribution in [1.82, 2.24) is 5.32 Å². The average molecular weight is 290 g/mol. The van der Waals surface area contributed by atoms with Gasteiger partial charge >= 0.3 is 5.97 Å². The van der Waals surface area contributed by atoms with Crippen molar-refractivity contribution >= 4 is 23.5 Å². The lowest BCUT2D eigenvalue weighted by Crippen LogP contribution is -2.47. The lowest BCUT2D eigenvalue weighted by molar-refractivity contribution is -0.124. The van der Waals surface area contributed by atoms with Crippen molar-refractivity contribution in [3.05, 3.63) is 23.8 Å². The quantitative estimate of drug-likeness (QED) is 0.821. The molecule has 110 valence electrons. The van der Waals surface area contributed by atoms with Gasteiger partial charge in [-0.2, -0.15) is 0 Å². The molecule has 0 radical (unpaired) electrons. The second-order valence-corrected chi connectivity index (χ2v) is 4.96. The Morgan fingerprint density at radius 1 is 1.38 bits per heavy atom. The third kappa shape index (κ3) is 2.31. The summed E-state index contributed by atoms with van der Waals surface area (Å²) in [4.78, 5) is 36.4. The molecule has 0 spiro atoms. The van der Waals surface area contributed by atoms with Gasteiger partial charge in [0.25, 0.3) is 0 Å². The Hall–Kier alpha value is -2.57. The molecule has 2 heterocycles. The van der Waals surface area contributed by atoms with E-state index in [4.69, 9.17) is 4.74 Å². The molecule has 0 aromatic heterocycles. The normalized spacial score (nSPS) is 20.5. The summed E-state index contributed by atoms with van der Waals surface area (Å²) in [6, 6.07) is 4.11. The van der Waals surface area contributed by atoms with Gasteiger partial charge in [-0.3, -0.25) is 9.59 Å². The maximum atomic E-state index is 12.5. The number of hydrogen-bond acceptors (Lipinski definition) is 4. The number of carbonyl (C=O) groups excluding carboxylic acids is 2. The van der Waals surface area contributed by atoms with E-state index in [2.05, 4.69) is 5.32 Å². The van der Waals surface area contributed by atoms with Crippen molar-refractivity contribution in [2.45, 2.75) is 18.9 Å². The zero-order valence-electron chi connectivity index (χ0n) is 11.2. The molecule has 1 aromatic carbocycles. The fourth-order valence-corrected chi connectivity index (χ4v) is 2.63. The van der Waals surface area contributed by atoms with E-state index in [1.165, 1.54) is 11.0 Å². The van der Waals surface area contributed by atoms with Gasteiger partial charge in [0.2, 0.25) is 11.8 Å². The lowest BCUT2D eigenvalue weighted by atomic mass is 10.1. The molecule has 3 rings (SSSR count). The van der Waals surface area contributed by atoms with Gasteiger partial charge in [-0.15, -0.1) is 0 Å². The van der Waals surface area contributed by atoms with Gasteiger partial charge in [0, 0.05) is 6.42 Å². The highest BCUT2D eigenvalue weighted by molar-refractivity contribution is 6.04. The van der Waals surface area contributed by atoms with Gasteiger partial charge in [-0.05, 0) is 18.6 Å². The van der Waals surface area contributed by atoms with Crippen LogP contribution in [-0.4, -0.2) is 42.1 Å². The molecule has 2 amide bonds. The second kappa shape index (κ2) is 5.08. The van der Waals surface area contributed by atoms with Crippen LogP contribution in [0.15, 0.2) is 18.2 Å². The van der Waals surface area contributed by atoms with Crippen molar-refractivity contribution in [2.75, 3.05) is 18.1 Å². The minimum absolute atomic E-state index is 0.0282. The first-order chi connectivity index (χ1) is 10.1. The Morgan fingerprint density at radius 2 is 2.19 bits per heavy atom. The summed E-state index contributed by atoms with van der Waals surface area (Å²) in [6.07, 6.45) is 0.797. The highest BCUT2D eigenvalue weighted by Crippen LogP contribution is 2.35. The number of benzene rings is 1. The van der Waals surface area contributed by atoms with Gasteiger partial charge in [-0.1, -0.05) is 6.07 Å². The van der Waals surface area contributed by atoms with E-state index < -0.39 is 12.0 Å². The van der Waals surface area contributed by atoms with E-state index in [0.29, 0.717) is 25.1 Å². The van der Waals surface area contributed by atoms with E-state index >= 15 is 0 Å². The van der Waals surface area contributed by atoms with E-state index in [1.54, 1.807) is 12.1 Å². The van der Waals surface area contributed by atoms with Crippen molar-refractivity contribution in [3.63, 3.8) is 0 Å². The molecule has 2 N–H and O–H groups in total. The van der Waals surface area contributed by atoms with Gasteiger partial charge < -0.3 is 20.1 Å². The van der Waals surface area contributed by atoms with E-state index in [-0.39, 0.29) is 29.7 Å². The molecule has 0 saturated carbocycles. The number of fused-ring (bicyclic) bond motifs is 1. The van der Waals surface area contributed by atoms with Gasteiger partial charge in [-0.25, -0.2) is 4.79 Å². The summed E-state index contributed by atoms with van der Waals surface area (Å²) in [5, 5.41) is 11.8. The van der Waals surface area contributed by atoms with Crippen LogP contribution in [0.25, 0.3) is 0 Å². The van der Waals surface area contributed by atoms with Crippen LogP contribution in [0.3, 0.4) is 0 Å². The van der Waals surface area contributed by atoms with Crippen molar-refractivity contribution in [1.29, 1.82) is 0 Å². The SMILES string of the molecule is O=C1CCC(C(=O)N2CCOc3c(C(=O)O)cccc32)N1. The fraction of sp³-hybridized carbons (Fsp3) is 0.357. The van der Waals surface area contributed by atoms with Crippen LogP contribution >= 0.6 is 0 Å². The summed E-state index contributed by atoms with van der Waals surface area (Å²) in [5.41, 5.74) is 0.466. The maximum absolute atomic E-state index is 12.5. The molecule has 7 heteroatoms. The minimum atomic E-state index is -1.10. The zero-order valence-corrected chi connectivity index (χ0v) is 11.2. The number of rotatable bonds is 2. The zero-order chi connectivity index (χ0) is 15.0. The minimum Gasteiger partial charge on any atom is -0.489 e. The number of para-hydroxylation sites is 1. The summed E-state index contributed by atoms with van der Waals surface area (Å²) in [6.45, 7) is 0.560. The van der Waals surface area contributed by atoms with Crippen molar-refractivity contribution in [2.24, 2.45) is 0 Å². The van der Waals surface area contributed by atoms with Crippen LogP contribution < -0.4 is 15.0 Å². The van der Waals surface area contributed by atoms with E-state index in [9.17, 15) is 19.5 Å². The summed E-state index contributed by atoms with van der Waals surface area (Å²) in [7, 11) is 0. The molecule has 7 nitrogen and oxygen atoms in total. The predicted molar refractivity (Wildman–Crippen MR) is 72.4 cm³/mol. The third-order valence-corrected chi connectivity index (χ3v) is 3.64. The van der Waals surface area contributed by atoms with Crippen LogP contribution in [0.5, 0.6) is 5.75 Å². The molecule has 1 fully saturated rings. The van der Waals surface area contributed by atoms with Gasteiger partial charge in [0.1, 0.15) is 18.2 Å². The fourth-order valence-electron chi connectivity index (χ4n) is 2.63. The number of anilines is 1. The number of carboxylic acids is 1. The Morgan fingerprint density at radius 3 is 2.86 bits per heavy atom. The molecule has 1 aromatic rings. The summed E-state index contributed by atoms with van der Waals surface area (Å²) < 4.78 is 5.42. The van der Waals surface area contributed by atoms with Crippen LogP contribution in [-0.2, 0) is 9.59 Å². The Kier molecular flexibility index (Phi) is 3.25. The molecular formula is C14H14N2O5. The highest BCUT2D eigenvalue weighted by atomic mass is 16.5. The number of hydrogen-bond donors (Lipinski definition) is 2. The number of amides is 2. The third-order valence-electron chi connectivity index (χ3n) is 3.64. The predicted octanol–water partition coefficient (Wildman–Crippen LogP) is 0.389. The molecule has 0 aliphatic carbocycles. The number of nitrogens with zero attached hydrogens (tertiary/aromatic N) is 1. The highest BCUT2D eigenvalue weighted by Gasteiger charge is 2.34. The molecule has 1 saturated heterocycles. The molecule has 1 atom stereocenters. The monoisotopic (exact) mass is 290 g/mol. The van der Waals surface area contributed by atoms with E-state index in [1.807, 2.05) is 0 Å². The van der Waals surface area contributed by atoms with Crippen LogP contribution in [0.2, 0.25) is 0 Å². The number of nitrogens with one attached hydrogen (secondary N) is 1. The van der Waals surface area contributed by atoms with Crippen LogP contribution in [0.1, 0.15) is 23.2 Å². The molecular weight excluding hydrogens is 276 g/mol. The molecule has 1 unspecified atom stereocenters. The lowest BCUT2D eigenvalue weighted by Gasteiger charge is -2.31. The second-order valence-electron chi connectivity index (χ2n) is 4.96. The standard InChI is InChI=1S/C14H14N2O5/c17-11-5-4-9(15-11)13(18)16-6-7-21-12-8(14(19)20)2-1-3-10(12)16/h1-3,9H,4-7H2,(H,15,17)(H,19,20). The smallest absolute Gasteiger partial charge is 0.339 e. The first kappa shape index (κ1) is 13.4. The molecule has 2 aliphatic rings. The molecule has 0 bridgehead atoms. The van der Waals surface area contributed by atoms with Crippen LogP contribution in [0.4, 0.5) is 5.69 Å². The number of aromatic carboxylic acids is 1. The molecule has 2 aliphatic heterocycles. The van der Waals surface area contributed by atoms with Crippen LogP contribution in [0, 0.1) is 0 Å². The first-order valence-electron chi connectivity index (χ1n) is 6.68. The first-order valence-corrected chi connectivity index (χ1v) is 6.68. The number of carboxylic acid groups (broad SMARTS) is 1. The maximum Gasteiger partial charge on any atom is 0.339 e. The Labute approximate surface area is 120 Å². The Bertz CT molecular complexity index is 628. The van der Waals surface area contributed by atoms with Gasteiger partial charge in [0.15, 0.2) is 5.75 Å². The largest absolute Gasteiger partial charge is 0.489 e. The summed E-state index contributed by atoms with van der Waals surface area (Å²) >= 11 is 0. The number of ether oxygens (including phenoxy) is 1. The summed E-state index contributed by atoms with van der Waals surface area (Å²) in [5.74, 6) is -1.27. The Balaban J connectivity index is 1.94. The van der Waals surface area contributed by atoms with Crippen molar-refractivity contribution < 1.29 is 24.2 Å². The van der Waals surface area contributed by atoms with E-state index in [0.717, 1.165) is 0 Å². The van der Waals surface area contributed by atoms with Crippen molar-refractivity contribution in [3.8, 4) is 5.75 Å². The topological polar surface area (TPSA) is 95.9 Å². The average Bonchev–Trinajstić information content (AvgIpc) is 2.91. The number of carbonyl (C=O) groups is 3.